The molecule has 1 aliphatic heterocycles. The highest BCUT2D eigenvalue weighted by atomic mass is 16.5. The molecule has 1 amide bonds. The number of morpholine rings is 1. The number of nitrogens with one attached hydrogen (secondary N) is 1. The maximum absolute atomic E-state index is 13.0. The summed E-state index contributed by atoms with van der Waals surface area (Å²) in [4.78, 5) is 15.3. The highest BCUT2D eigenvalue weighted by Crippen LogP contribution is 2.33. The van der Waals surface area contributed by atoms with E-state index in [0.29, 0.717) is 29.5 Å². The molecule has 0 spiro atoms. The Hall–Kier alpha value is -3.23. The van der Waals surface area contributed by atoms with Gasteiger partial charge in [0.2, 0.25) is 0 Å². The molecular weight excluding hydrogens is 410 g/mol. The molecule has 2 aromatic carbocycles. The number of benzene rings is 2. The summed E-state index contributed by atoms with van der Waals surface area (Å²) in [7, 11) is 5.04. The highest BCUT2D eigenvalue weighted by Gasteiger charge is 2.17. The normalized spacial score (nSPS) is 14.3. The zero-order valence-electron chi connectivity index (χ0n) is 18.7. The third-order valence-electron chi connectivity index (χ3n) is 5.65. The molecule has 32 heavy (non-hydrogen) atoms. The summed E-state index contributed by atoms with van der Waals surface area (Å²) >= 11 is 0. The average molecular weight is 440 g/mol. The van der Waals surface area contributed by atoms with Crippen molar-refractivity contribution in [3.8, 4) is 17.2 Å². The van der Waals surface area contributed by atoms with Crippen molar-refractivity contribution in [3.05, 3.63) is 48.2 Å². The van der Waals surface area contributed by atoms with Crippen molar-refractivity contribution in [1.29, 1.82) is 0 Å². The largest absolute Gasteiger partial charge is 0.493 e. The van der Waals surface area contributed by atoms with E-state index in [0.717, 1.165) is 49.5 Å². The number of hydrogen-bond donors (Lipinski definition) is 1. The van der Waals surface area contributed by atoms with Gasteiger partial charge in [0.15, 0.2) is 11.5 Å². The third kappa shape index (κ3) is 4.81. The Morgan fingerprint density at radius 1 is 1.06 bits per heavy atom. The number of carbonyl (C=O) groups excluding carboxylic acids is 1. The van der Waals surface area contributed by atoms with E-state index < -0.39 is 0 Å². The maximum Gasteiger partial charge on any atom is 0.272 e. The van der Waals surface area contributed by atoms with Crippen LogP contribution in [0.1, 0.15) is 10.5 Å². The molecule has 4 rings (SSSR count). The Kier molecular flexibility index (Phi) is 6.82. The number of carbonyl (C=O) groups is 1. The molecule has 3 aromatic rings. The number of anilines is 1. The molecule has 1 fully saturated rings. The van der Waals surface area contributed by atoms with Crippen molar-refractivity contribution in [2.45, 2.75) is 0 Å². The summed E-state index contributed by atoms with van der Waals surface area (Å²) in [5.74, 6) is 1.77. The highest BCUT2D eigenvalue weighted by molar-refractivity contribution is 6.06. The van der Waals surface area contributed by atoms with Gasteiger partial charge in [-0.15, -0.1) is 0 Å². The first-order valence-electron chi connectivity index (χ1n) is 10.6. The van der Waals surface area contributed by atoms with Gasteiger partial charge >= 0.3 is 0 Å². The van der Waals surface area contributed by atoms with Crippen LogP contribution in [-0.2, 0) is 11.8 Å². The molecule has 8 nitrogen and oxygen atoms in total. The molecule has 1 N–H and O–H groups in total. The monoisotopic (exact) mass is 439 g/mol. The minimum Gasteiger partial charge on any atom is -0.493 e. The maximum atomic E-state index is 13.0. The number of rotatable bonds is 8. The molecule has 1 aromatic heterocycles. The molecule has 8 heteroatoms. The summed E-state index contributed by atoms with van der Waals surface area (Å²) in [6.07, 6.45) is 0. The predicted molar refractivity (Wildman–Crippen MR) is 123 cm³/mol. The molecule has 0 aliphatic carbocycles. The fraction of sp³-hybridized carbons (Fsp3) is 0.375. The first kappa shape index (κ1) is 22.0. The molecule has 0 radical (unpaired) electrons. The number of methoxy groups -OCH3 is 2. The summed E-state index contributed by atoms with van der Waals surface area (Å²) in [6.45, 7) is 4.85. The van der Waals surface area contributed by atoms with Gasteiger partial charge in [-0.1, -0.05) is 6.07 Å². The van der Waals surface area contributed by atoms with Crippen LogP contribution in [0.2, 0.25) is 0 Å². The van der Waals surface area contributed by atoms with Crippen molar-refractivity contribution < 1.29 is 23.7 Å². The Labute approximate surface area is 187 Å². The Bertz CT molecular complexity index is 1090. The molecule has 0 saturated carbocycles. The van der Waals surface area contributed by atoms with Gasteiger partial charge in [-0.3, -0.25) is 9.69 Å². The fourth-order valence-electron chi connectivity index (χ4n) is 3.86. The molecule has 1 saturated heterocycles. The SMILES string of the molecule is COc1cc2cc(C(=O)Nc3cccc(OCCN4CCOCC4)c3)n(C)c2cc1OC. The molecule has 1 aliphatic rings. The summed E-state index contributed by atoms with van der Waals surface area (Å²) in [5.41, 5.74) is 2.10. The van der Waals surface area contributed by atoms with Gasteiger partial charge in [0.1, 0.15) is 18.1 Å². The van der Waals surface area contributed by atoms with Gasteiger partial charge in [-0.2, -0.15) is 0 Å². The Morgan fingerprint density at radius 2 is 1.81 bits per heavy atom. The van der Waals surface area contributed by atoms with Crippen molar-refractivity contribution in [2.24, 2.45) is 7.05 Å². The van der Waals surface area contributed by atoms with E-state index in [9.17, 15) is 4.79 Å². The van der Waals surface area contributed by atoms with Crippen LogP contribution in [0.3, 0.4) is 0 Å². The lowest BCUT2D eigenvalue weighted by molar-refractivity contribution is 0.0322. The van der Waals surface area contributed by atoms with Gasteiger partial charge in [0.05, 0.1) is 33.0 Å². The minimum absolute atomic E-state index is 0.202. The van der Waals surface area contributed by atoms with Crippen LogP contribution in [0, 0.1) is 0 Å². The van der Waals surface area contributed by atoms with E-state index in [-0.39, 0.29) is 5.91 Å². The van der Waals surface area contributed by atoms with Gasteiger partial charge < -0.3 is 28.8 Å². The number of aromatic nitrogens is 1. The standard InChI is InChI=1S/C24H29N3O5/c1-26-20-16-23(30-3)22(29-2)14-17(20)13-21(26)24(28)25-18-5-4-6-19(15-18)32-12-9-27-7-10-31-11-8-27/h4-6,13-16H,7-12H2,1-3H3,(H,25,28). The summed E-state index contributed by atoms with van der Waals surface area (Å²) < 4.78 is 23.9. The number of fused-ring (bicyclic) bond motifs is 1. The predicted octanol–water partition coefficient (Wildman–Crippen LogP) is 3.16. The topological polar surface area (TPSA) is 74.2 Å². The molecule has 0 unspecified atom stereocenters. The van der Waals surface area contributed by atoms with Crippen molar-refractivity contribution >= 4 is 22.5 Å². The number of hydrogen-bond acceptors (Lipinski definition) is 6. The third-order valence-corrected chi connectivity index (χ3v) is 5.65. The first-order chi connectivity index (χ1) is 15.6. The van der Waals surface area contributed by atoms with Gasteiger partial charge in [0, 0.05) is 49.9 Å². The van der Waals surface area contributed by atoms with Crippen LogP contribution >= 0.6 is 0 Å². The molecule has 0 bridgehead atoms. The first-order valence-corrected chi connectivity index (χ1v) is 10.6. The van der Waals surface area contributed by atoms with Gasteiger partial charge in [-0.25, -0.2) is 0 Å². The van der Waals surface area contributed by atoms with Gasteiger partial charge in [0.25, 0.3) is 5.91 Å². The van der Waals surface area contributed by atoms with E-state index in [1.54, 1.807) is 14.2 Å². The lowest BCUT2D eigenvalue weighted by atomic mass is 10.2. The summed E-state index contributed by atoms with van der Waals surface area (Å²) in [5, 5.41) is 3.87. The van der Waals surface area contributed by atoms with Crippen LogP contribution in [0.15, 0.2) is 42.5 Å². The van der Waals surface area contributed by atoms with Crippen molar-refractivity contribution in [3.63, 3.8) is 0 Å². The second-order valence-electron chi connectivity index (χ2n) is 7.64. The van der Waals surface area contributed by atoms with Crippen molar-refractivity contribution in [1.82, 2.24) is 9.47 Å². The molecule has 170 valence electrons. The van der Waals surface area contributed by atoms with E-state index in [1.165, 1.54) is 0 Å². The summed E-state index contributed by atoms with van der Waals surface area (Å²) in [6, 6.07) is 13.0. The van der Waals surface area contributed by atoms with E-state index in [1.807, 2.05) is 54.1 Å². The smallest absolute Gasteiger partial charge is 0.272 e. The molecule has 0 atom stereocenters. The van der Waals surface area contributed by atoms with Gasteiger partial charge in [-0.05, 0) is 24.3 Å². The second-order valence-corrected chi connectivity index (χ2v) is 7.64. The minimum atomic E-state index is -0.202. The fourth-order valence-corrected chi connectivity index (χ4v) is 3.86. The number of nitrogens with zero attached hydrogens (tertiary/aromatic N) is 2. The lowest BCUT2D eigenvalue weighted by Crippen LogP contribution is -2.38. The van der Waals surface area contributed by atoms with E-state index in [4.69, 9.17) is 18.9 Å². The van der Waals surface area contributed by atoms with E-state index >= 15 is 0 Å². The quantitative estimate of drug-likeness (QED) is 0.581. The van der Waals surface area contributed by atoms with Crippen LogP contribution in [0.5, 0.6) is 17.2 Å². The Balaban J connectivity index is 1.43. The molecular formula is C24H29N3O5. The van der Waals surface area contributed by atoms with Crippen LogP contribution in [0.4, 0.5) is 5.69 Å². The number of amides is 1. The number of ether oxygens (including phenoxy) is 4. The number of aryl methyl sites for hydroxylation is 1. The lowest BCUT2D eigenvalue weighted by Gasteiger charge is -2.26. The zero-order valence-corrected chi connectivity index (χ0v) is 18.7. The second kappa shape index (κ2) is 9.93. The van der Waals surface area contributed by atoms with Crippen LogP contribution in [-0.4, -0.2) is 69.0 Å². The van der Waals surface area contributed by atoms with Crippen LogP contribution in [0.25, 0.3) is 10.9 Å². The average Bonchev–Trinajstić information content (AvgIpc) is 3.14. The van der Waals surface area contributed by atoms with E-state index in [2.05, 4.69) is 10.2 Å². The Morgan fingerprint density at radius 3 is 2.56 bits per heavy atom. The van der Waals surface area contributed by atoms with Crippen LogP contribution < -0.4 is 19.5 Å². The molecule has 2 heterocycles. The van der Waals surface area contributed by atoms with Crippen molar-refractivity contribution in [2.75, 3.05) is 59.0 Å². The zero-order chi connectivity index (χ0) is 22.5.